The van der Waals surface area contributed by atoms with Crippen LogP contribution in [0.5, 0.6) is 0 Å². The zero-order valence-corrected chi connectivity index (χ0v) is 19.6. The monoisotopic (exact) mass is 443 g/mol. The molecule has 0 aromatic heterocycles. The molecular weight excluding hydrogens is 413 g/mol. The third-order valence-electron chi connectivity index (χ3n) is 6.52. The molecule has 0 radical (unpaired) electrons. The first kappa shape index (κ1) is 22.9. The summed E-state index contributed by atoms with van der Waals surface area (Å²) in [6, 6.07) is 16.1. The maximum absolute atomic E-state index is 13.9. The lowest BCUT2D eigenvalue weighted by Crippen LogP contribution is -2.55. The number of nitrogens with zero attached hydrogens (tertiary/aromatic N) is 1. The van der Waals surface area contributed by atoms with E-state index in [1.807, 2.05) is 36.4 Å². The second-order valence-corrected chi connectivity index (χ2v) is 9.47. The van der Waals surface area contributed by atoms with Gasteiger partial charge in [0.2, 0.25) is 5.91 Å². The van der Waals surface area contributed by atoms with Crippen molar-refractivity contribution in [2.75, 3.05) is 0 Å². The van der Waals surface area contributed by atoms with E-state index in [4.69, 9.17) is 23.2 Å². The maximum atomic E-state index is 13.9. The van der Waals surface area contributed by atoms with Gasteiger partial charge in [0.25, 0.3) is 0 Å². The Balaban J connectivity index is 2.22. The van der Waals surface area contributed by atoms with Crippen molar-refractivity contribution in [1.29, 1.82) is 0 Å². The molecule has 0 bridgehead atoms. The molecule has 1 fully saturated rings. The summed E-state index contributed by atoms with van der Waals surface area (Å²) < 4.78 is 0. The highest BCUT2D eigenvalue weighted by Crippen LogP contribution is 2.52. The van der Waals surface area contributed by atoms with E-state index in [2.05, 4.69) is 50.4 Å². The number of hydrogen-bond donors (Lipinski definition) is 0. The molecular formula is C26H31Cl2NO. The highest BCUT2D eigenvalue weighted by atomic mass is 35.5. The van der Waals surface area contributed by atoms with Crippen LogP contribution in [0.2, 0.25) is 10.0 Å². The fraction of sp³-hybridized carbons (Fsp3) is 0.423. The molecule has 2 aromatic rings. The van der Waals surface area contributed by atoms with Crippen molar-refractivity contribution in [2.24, 2.45) is 5.41 Å². The van der Waals surface area contributed by atoms with Gasteiger partial charge in [-0.3, -0.25) is 4.79 Å². The molecule has 2 aromatic carbocycles. The predicted octanol–water partition coefficient (Wildman–Crippen LogP) is 7.82. The van der Waals surface area contributed by atoms with Gasteiger partial charge < -0.3 is 4.90 Å². The van der Waals surface area contributed by atoms with Gasteiger partial charge in [-0.2, -0.15) is 0 Å². The first-order valence-electron chi connectivity index (χ1n) is 10.8. The maximum Gasteiger partial charge on any atom is 0.229 e. The molecule has 1 heterocycles. The average Bonchev–Trinajstić information content (AvgIpc) is 2.73. The summed E-state index contributed by atoms with van der Waals surface area (Å²) in [4.78, 5) is 16.1. The van der Waals surface area contributed by atoms with Gasteiger partial charge in [0.15, 0.2) is 0 Å². The summed E-state index contributed by atoms with van der Waals surface area (Å²) in [6.07, 6.45) is 5.12. The minimum absolute atomic E-state index is 0.0592. The van der Waals surface area contributed by atoms with Crippen LogP contribution in [0.4, 0.5) is 0 Å². The number of likely N-dealkylation sites (tertiary alicyclic amines) is 1. The molecule has 30 heavy (non-hydrogen) atoms. The molecule has 0 unspecified atom stereocenters. The Morgan fingerprint density at radius 3 is 2.33 bits per heavy atom. The van der Waals surface area contributed by atoms with Crippen molar-refractivity contribution in [1.82, 2.24) is 4.90 Å². The normalized spacial score (nSPS) is 24.3. The summed E-state index contributed by atoms with van der Waals surface area (Å²) in [5, 5.41) is 1.42. The van der Waals surface area contributed by atoms with Crippen LogP contribution in [-0.2, 0) is 4.79 Å². The molecule has 2 nitrogen and oxygen atoms in total. The van der Waals surface area contributed by atoms with E-state index in [1.54, 1.807) is 0 Å². The molecule has 0 saturated carbocycles. The lowest BCUT2D eigenvalue weighted by Gasteiger charge is -2.52. The van der Waals surface area contributed by atoms with Crippen LogP contribution >= 0.6 is 23.2 Å². The largest absolute Gasteiger partial charge is 0.332 e. The number of piperidine rings is 1. The van der Waals surface area contributed by atoms with E-state index < -0.39 is 5.41 Å². The van der Waals surface area contributed by atoms with Crippen LogP contribution < -0.4 is 0 Å². The topological polar surface area (TPSA) is 20.3 Å². The predicted molar refractivity (Wildman–Crippen MR) is 127 cm³/mol. The van der Waals surface area contributed by atoms with Crippen LogP contribution in [-0.4, -0.2) is 16.8 Å². The van der Waals surface area contributed by atoms with Crippen LogP contribution in [0, 0.1) is 5.41 Å². The Hall–Kier alpha value is -1.77. The second kappa shape index (κ2) is 9.58. The van der Waals surface area contributed by atoms with Gasteiger partial charge in [-0.25, -0.2) is 0 Å². The van der Waals surface area contributed by atoms with Crippen molar-refractivity contribution in [3.8, 4) is 0 Å². The summed E-state index contributed by atoms with van der Waals surface area (Å²) in [5.41, 5.74) is 1.80. The smallest absolute Gasteiger partial charge is 0.229 e. The van der Waals surface area contributed by atoms with E-state index in [0.717, 1.165) is 29.8 Å². The van der Waals surface area contributed by atoms with E-state index in [-0.39, 0.29) is 23.9 Å². The molecule has 3 rings (SSSR count). The summed E-state index contributed by atoms with van der Waals surface area (Å²) in [5.74, 6) is 0.349. The second-order valence-electron chi connectivity index (χ2n) is 8.60. The number of allylic oxidation sites excluding steroid dienone is 1. The molecule has 0 aliphatic carbocycles. The van der Waals surface area contributed by atoms with Crippen molar-refractivity contribution in [2.45, 2.75) is 64.5 Å². The third-order valence-corrected chi connectivity index (χ3v) is 7.01. The Bertz CT molecular complexity index is 890. The van der Waals surface area contributed by atoms with Crippen molar-refractivity contribution >= 4 is 29.1 Å². The van der Waals surface area contributed by atoms with Gasteiger partial charge in [0, 0.05) is 22.0 Å². The first-order valence-corrected chi connectivity index (χ1v) is 11.5. The van der Waals surface area contributed by atoms with Crippen molar-refractivity contribution in [3.63, 3.8) is 0 Å². The molecule has 1 amide bonds. The first-order chi connectivity index (χ1) is 14.3. The van der Waals surface area contributed by atoms with Gasteiger partial charge in [0.05, 0.1) is 11.5 Å². The van der Waals surface area contributed by atoms with Crippen LogP contribution in [0.1, 0.15) is 69.5 Å². The van der Waals surface area contributed by atoms with Gasteiger partial charge in [-0.15, -0.1) is 6.58 Å². The standard InChI is InChI=1S/C26H31Cl2NO/c1-5-15-26(4)17-23(19-9-8-10-21(28)16-19)24(18-11-13-20(27)14-12-18)29(25(26)30)22(6-2)7-3/h5,8-14,16,22-24H,1,6-7,15,17H2,2-4H3/t23-,24-,26+/m1/s1. The minimum Gasteiger partial charge on any atom is -0.332 e. The number of halogens is 2. The third kappa shape index (κ3) is 4.45. The molecule has 1 aliphatic rings. The number of hydrogen-bond acceptors (Lipinski definition) is 1. The van der Waals surface area contributed by atoms with Crippen molar-refractivity contribution < 1.29 is 4.79 Å². The Morgan fingerprint density at radius 2 is 1.77 bits per heavy atom. The molecule has 3 atom stereocenters. The highest BCUT2D eigenvalue weighted by molar-refractivity contribution is 6.30. The van der Waals surface area contributed by atoms with Gasteiger partial charge in [-0.1, -0.05) is 74.3 Å². The zero-order valence-electron chi connectivity index (χ0n) is 18.1. The quantitative estimate of drug-likeness (QED) is 0.399. The van der Waals surface area contributed by atoms with E-state index >= 15 is 0 Å². The van der Waals surface area contributed by atoms with E-state index in [1.165, 1.54) is 5.56 Å². The van der Waals surface area contributed by atoms with Crippen molar-refractivity contribution in [3.05, 3.63) is 82.4 Å². The molecule has 1 saturated heterocycles. The van der Waals surface area contributed by atoms with Crippen LogP contribution in [0.15, 0.2) is 61.2 Å². The summed E-state index contributed by atoms with van der Waals surface area (Å²) >= 11 is 12.6. The van der Waals surface area contributed by atoms with Gasteiger partial charge in [-0.05, 0) is 61.1 Å². The minimum atomic E-state index is -0.486. The molecule has 1 aliphatic heterocycles. The number of carbonyl (C=O) groups is 1. The zero-order chi connectivity index (χ0) is 21.9. The van der Waals surface area contributed by atoms with Crippen LogP contribution in [0.3, 0.4) is 0 Å². The SMILES string of the molecule is C=CC[C@@]1(C)C[C@H](c2cccc(Cl)c2)[C@@H](c2ccc(Cl)cc2)N(C(CC)CC)C1=O. The average molecular weight is 444 g/mol. The lowest BCUT2D eigenvalue weighted by molar-refractivity contribution is -0.154. The number of rotatable bonds is 7. The fourth-order valence-corrected chi connectivity index (χ4v) is 5.30. The lowest BCUT2D eigenvalue weighted by atomic mass is 9.67. The van der Waals surface area contributed by atoms with E-state index in [0.29, 0.717) is 11.4 Å². The van der Waals surface area contributed by atoms with Crippen LogP contribution in [0.25, 0.3) is 0 Å². The van der Waals surface area contributed by atoms with E-state index in [9.17, 15) is 4.79 Å². The Labute approximate surface area is 190 Å². The van der Waals surface area contributed by atoms with Gasteiger partial charge in [0.1, 0.15) is 0 Å². The number of carbonyl (C=O) groups excluding carboxylic acids is 1. The highest BCUT2D eigenvalue weighted by Gasteiger charge is 2.50. The Kier molecular flexibility index (Phi) is 7.31. The summed E-state index contributed by atoms with van der Waals surface area (Å²) in [6.45, 7) is 10.3. The molecule has 0 spiro atoms. The summed E-state index contributed by atoms with van der Waals surface area (Å²) in [7, 11) is 0. The molecule has 160 valence electrons. The fourth-order valence-electron chi connectivity index (χ4n) is 4.97. The molecule has 4 heteroatoms. The Morgan fingerprint density at radius 1 is 1.10 bits per heavy atom. The van der Waals surface area contributed by atoms with Gasteiger partial charge >= 0.3 is 0 Å². The number of benzene rings is 2. The number of amides is 1. The molecule has 0 N–H and O–H groups in total.